The Bertz CT molecular complexity index is 877. The Morgan fingerprint density at radius 3 is 2.56 bits per heavy atom. The summed E-state index contributed by atoms with van der Waals surface area (Å²) in [6.45, 7) is 0.346. The van der Waals surface area contributed by atoms with Crippen molar-refractivity contribution in [2.24, 2.45) is 0 Å². The lowest BCUT2D eigenvalue weighted by Crippen LogP contribution is -2.39. The van der Waals surface area contributed by atoms with Crippen LogP contribution >= 0.6 is 11.6 Å². The Labute approximate surface area is 146 Å². The largest absolute Gasteiger partial charge is 0.417 e. The molecular formula is C17H14ClF3N2O2. The van der Waals surface area contributed by atoms with Crippen LogP contribution in [0.5, 0.6) is 0 Å². The molecule has 8 heteroatoms. The number of benzene rings is 1. The molecule has 1 aromatic carbocycles. The monoisotopic (exact) mass is 370 g/mol. The van der Waals surface area contributed by atoms with Crippen LogP contribution < -0.4 is 5.56 Å². The van der Waals surface area contributed by atoms with E-state index < -0.39 is 34.8 Å². The second-order valence-corrected chi connectivity index (χ2v) is 6.25. The van der Waals surface area contributed by atoms with Crippen molar-refractivity contribution in [1.29, 1.82) is 0 Å². The number of carbonyl (C=O) groups is 1. The number of hydrogen-bond acceptors (Lipinski definition) is 2. The molecule has 0 bridgehead atoms. The molecule has 0 saturated heterocycles. The fourth-order valence-corrected chi connectivity index (χ4v) is 3.05. The van der Waals surface area contributed by atoms with Crippen molar-refractivity contribution >= 4 is 17.5 Å². The van der Waals surface area contributed by atoms with E-state index in [1.54, 1.807) is 0 Å². The number of halogens is 4. The van der Waals surface area contributed by atoms with E-state index in [4.69, 9.17) is 11.6 Å². The zero-order chi connectivity index (χ0) is 18.2. The van der Waals surface area contributed by atoms with Crippen molar-refractivity contribution in [3.8, 4) is 0 Å². The number of aromatic nitrogens is 1. The molecule has 2 aromatic rings. The summed E-state index contributed by atoms with van der Waals surface area (Å²) in [6.07, 6.45) is -3.35. The van der Waals surface area contributed by atoms with Gasteiger partial charge in [0, 0.05) is 19.3 Å². The summed E-state index contributed by atoms with van der Waals surface area (Å²) in [5.74, 6) is -0.424. The van der Waals surface area contributed by atoms with Gasteiger partial charge in [-0.15, -0.1) is 0 Å². The predicted octanol–water partition coefficient (Wildman–Crippen LogP) is 3.11. The second kappa shape index (κ2) is 6.55. The quantitative estimate of drug-likeness (QED) is 0.815. The zero-order valence-electron chi connectivity index (χ0n) is 13.0. The van der Waals surface area contributed by atoms with Gasteiger partial charge in [0.15, 0.2) is 0 Å². The summed E-state index contributed by atoms with van der Waals surface area (Å²) >= 11 is 5.60. The molecule has 1 aliphatic heterocycles. The number of hydrogen-bond donors (Lipinski definition) is 0. The highest BCUT2D eigenvalue weighted by Gasteiger charge is 2.32. The highest BCUT2D eigenvalue weighted by Crippen LogP contribution is 2.29. The van der Waals surface area contributed by atoms with Crippen molar-refractivity contribution in [1.82, 2.24) is 9.47 Å². The van der Waals surface area contributed by atoms with Gasteiger partial charge in [0.1, 0.15) is 11.6 Å². The first-order valence-electron chi connectivity index (χ1n) is 7.57. The maximum Gasteiger partial charge on any atom is 0.417 e. The van der Waals surface area contributed by atoms with Crippen molar-refractivity contribution in [2.75, 3.05) is 6.54 Å². The van der Waals surface area contributed by atoms with Gasteiger partial charge in [0.2, 0.25) is 5.91 Å². The molecule has 1 aliphatic rings. The highest BCUT2D eigenvalue weighted by molar-refractivity contribution is 6.30. The van der Waals surface area contributed by atoms with Gasteiger partial charge in [-0.1, -0.05) is 35.9 Å². The van der Waals surface area contributed by atoms with Crippen LogP contribution in [0.1, 0.15) is 16.7 Å². The molecular weight excluding hydrogens is 357 g/mol. The van der Waals surface area contributed by atoms with Gasteiger partial charge in [-0.05, 0) is 23.6 Å². The molecule has 0 spiro atoms. The smallest absolute Gasteiger partial charge is 0.336 e. The molecule has 1 aromatic heterocycles. The number of fused-ring (bicyclic) bond motifs is 1. The number of amides is 1. The minimum Gasteiger partial charge on any atom is -0.336 e. The Hall–Kier alpha value is -2.28. The molecule has 0 radical (unpaired) electrons. The topological polar surface area (TPSA) is 42.3 Å². The lowest BCUT2D eigenvalue weighted by molar-refractivity contribution is -0.139. The number of carbonyl (C=O) groups excluding carboxylic acids is 1. The van der Waals surface area contributed by atoms with Gasteiger partial charge >= 0.3 is 6.18 Å². The average Bonchev–Trinajstić information content (AvgIpc) is 2.57. The van der Waals surface area contributed by atoms with Gasteiger partial charge in [0.25, 0.3) is 5.56 Å². The molecule has 1 amide bonds. The van der Waals surface area contributed by atoms with Crippen LogP contribution in [0.15, 0.2) is 41.3 Å². The number of rotatable bonds is 2. The van der Waals surface area contributed by atoms with E-state index >= 15 is 0 Å². The van der Waals surface area contributed by atoms with Crippen LogP contribution in [0.2, 0.25) is 5.02 Å². The fraction of sp³-hybridized carbons (Fsp3) is 0.294. The summed E-state index contributed by atoms with van der Waals surface area (Å²) in [4.78, 5) is 25.9. The van der Waals surface area contributed by atoms with E-state index in [0.717, 1.165) is 11.1 Å². The first-order valence-corrected chi connectivity index (χ1v) is 7.95. The Kier molecular flexibility index (Phi) is 4.60. The second-order valence-electron chi connectivity index (χ2n) is 5.84. The predicted molar refractivity (Wildman–Crippen MR) is 86.3 cm³/mol. The van der Waals surface area contributed by atoms with Crippen molar-refractivity contribution < 1.29 is 18.0 Å². The Morgan fingerprint density at radius 2 is 1.88 bits per heavy atom. The van der Waals surface area contributed by atoms with E-state index in [1.165, 1.54) is 4.90 Å². The van der Waals surface area contributed by atoms with Gasteiger partial charge < -0.3 is 9.47 Å². The standard InChI is InChI=1S/C17H14ClF3N2O2/c18-14-7-13(17(19,20)21)9-23(16(14)25)10-15(24)22-6-5-11-3-1-2-4-12(11)8-22/h1-4,7,9H,5-6,8,10H2. The Balaban J connectivity index is 1.82. The summed E-state index contributed by atoms with van der Waals surface area (Å²) in [7, 11) is 0. The van der Waals surface area contributed by atoms with Crippen LogP contribution in [-0.4, -0.2) is 21.9 Å². The molecule has 132 valence electrons. The van der Waals surface area contributed by atoms with Crippen LogP contribution in [0, 0.1) is 0 Å². The SMILES string of the molecule is O=C(Cn1cc(C(F)(F)F)cc(Cl)c1=O)N1CCc2ccccc2C1. The van der Waals surface area contributed by atoms with Crippen molar-refractivity contribution in [2.45, 2.75) is 25.7 Å². The summed E-state index contributed by atoms with van der Waals surface area (Å²) in [5.41, 5.74) is 0.261. The van der Waals surface area contributed by atoms with E-state index in [-0.39, 0.29) is 0 Å². The van der Waals surface area contributed by atoms with Crippen LogP contribution in [0.4, 0.5) is 13.2 Å². The summed E-state index contributed by atoms with van der Waals surface area (Å²) in [6, 6.07) is 8.24. The molecule has 3 rings (SSSR count). The Morgan fingerprint density at radius 1 is 1.20 bits per heavy atom. The van der Waals surface area contributed by atoms with Gasteiger partial charge in [0.05, 0.1) is 5.56 Å². The highest BCUT2D eigenvalue weighted by atomic mass is 35.5. The maximum absolute atomic E-state index is 12.9. The number of pyridine rings is 1. The van der Waals surface area contributed by atoms with Crippen molar-refractivity contribution in [3.05, 3.63) is 68.6 Å². The maximum atomic E-state index is 12.9. The molecule has 0 N–H and O–H groups in total. The van der Waals surface area contributed by atoms with Gasteiger partial charge in [-0.25, -0.2) is 0 Å². The van der Waals surface area contributed by atoms with E-state index in [2.05, 4.69) is 0 Å². The number of nitrogens with zero attached hydrogens (tertiary/aromatic N) is 2. The molecule has 0 unspecified atom stereocenters. The van der Waals surface area contributed by atoms with E-state index in [0.29, 0.717) is 36.3 Å². The van der Waals surface area contributed by atoms with Gasteiger partial charge in [-0.3, -0.25) is 9.59 Å². The first-order chi connectivity index (χ1) is 11.8. The average molecular weight is 371 g/mol. The molecule has 0 fully saturated rings. The zero-order valence-corrected chi connectivity index (χ0v) is 13.8. The molecule has 0 saturated carbocycles. The van der Waals surface area contributed by atoms with Crippen LogP contribution in [0.25, 0.3) is 0 Å². The normalized spacial score (nSPS) is 14.3. The van der Waals surface area contributed by atoms with Crippen LogP contribution in [0.3, 0.4) is 0 Å². The minimum absolute atomic E-state index is 0.371. The number of alkyl halides is 3. The van der Waals surface area contributed by atoms with E-state index in [9.17, 15) is 22.8 Å². The molecule has 4 nitrogen and oxygen atoms in total. The van der Waals surface area contributed by atoms with Crippen LogP contribution in [-0.2, 0) is 30.5 Å². The molecule has 0 atom stereocenters. The van der Waals surface area contributed by atoms with Crippen molar-refractivity contribution in [3.63, 3.8) is 0 Å². The van der Waals surface area contributed by atoms with Gasteiger partial charge in [-0.2, -0.15) is 13.2 Å². The lowest BCUT2D eigenvalue weighted by Gasteiger charge is -2.29. The third-order valence-electron chi connectivity index (χ3n) is 4.16. The molecule has 2 heterocycles. The summed E-state index contributed by atoms with van der Waals surface area (Å²) < 4.78 is 39.3. The molecule has 25 heavy (non-hydrogen) atoms. The third-order valence-corrected chi connectivity index (χ3v) is 4.43. The third kappa shape index (κ3) is 3.71. The fourth-order valence-electron chi connectivity index (χ4n) is 2.83. The molecule has 0 aliphatic carbocycles. The minimum atomic E-state index is -4.65. The summed E-state index contributed by atoms with van der Waals surface area (Å²) in [5, 5.41) is -0.563. The lowest BCUT2D eigenvalue weighted by atomic mass is 10.00. The first kappa shape index (κ1) is 17.5. The van der Waals surface area contributed by atoms with E-state index in [1.807, 2.05) is 24.3 Å².